The Bertz CT molecular complexity index is 385. The van der Waals surface area contributed by atoms with Gasteiger partial charge in [0.1, 0.15) is 0 Å². The normalized spacial score (nSPS) is 8.62. The molecule has 0 unspecified atom stereocenters. The molecule has 0 amide bonds. The Morgan fingerprint density at radius 3 is 2.15 bits per heavy atom. The van der Waals surface area contributed by atoms with Gasteiger partial charge in [-0.05, 0) is 5.39 Å². The maximum absolute atomic E-state index is 3.87. The van der Waals surface area contributed by atoms with Gasteiger partial charge in [-0.2, -0.15) is 24.6 Å². The predicted octanol–water partition coefficient (Wildman–Crippen LogP) is -0.355. The molecule has 2 rings (SSSR count). The molecule has 0 saturated carbocycles. The minimum absolute atomic E-state index is 0. The molecule has 0 aliphatic carbocycles. The van der Waals surface area contributed by atoms with Gasteiger partial charge >= 0.3 is 23.1 Å². The van der Waals surface area contributed by atoms with Crippen molar-refractivity contribution in [2.24, 2.45) is 0 Å². The summed E-state index contributed by atoms with van der Waals surface area (Å²) in [5, 5.41) is 2.54. The summed E-state index contributed by atoms with van der Waals surface area (Å²) in [5.41, 5.74) is 1.07. The molecule has 0 bridgehead atoms. The maximum atomic E-state index is 3.87. The minimum Gasteiger partial charge on any atom is -1.00 e. The molecule has 0 saturated heterocycles. The van der Waals surface area contributed by atoms with Crippen LogP contribution in [0.4, 0.5) is 0 Å². The quantitative estimate of drug-likeness (QED) is 0.439. The van der Waals surface area contributed by atoms with Crippen LogP contribution < -0.4 is 17.0 Å². The van der Waals surface area contributed by atoms with Crippen molar-refractivity contribution in [1.29, 1.82) is 0 Å². The SMILES string of the molecule is [Br-].[CH2-]c1ccc2ccccc2c1.[Mg+2]. The van der Waals surface area contributed by atoms with Gasteiger partial charge in [0.05, 0.1) is 0 Å². The van der Waals surface area contributed by atoms with Crippen molar-refractivity contribution in [3.8, 4) is 0 Å². The van der Waals surface area contributed by atoms with Crippen LogP contribution in [0.15, 0.2) is 42.5 Å². The number of rotatable bonds is 0. The molecule has 0 aromatic heterocycles. The van der Waals surface area contributed by atoms with E-state index in [2.05, 4.69) is 31.2 Å². The second-order valence-corrected chi connectivity index (χ2v) is 2.68. The molecule has 0 nitrogen and oxygen atoms in total. The summed E-state index contributed by atoms with van der Waals surface area (Å²) in [5.74, 6) is 0. The van der Waals surface area contributed by atoms with Crippen LogP contribution in [-0.2, 0) is 0 Å². The fraction of sp³-hybridized carbons (Fsp3) is 0. The van der Waals surface area contributed by atoms with E-state index in [1.54, 1.807) is 0 Å². The van der Waals surface area contributed by atoms with E-state index in [1.165, 1.54) is 10.8 Å². The van der Waals surface area contributed by atoms with Crippen LogP contribution in [-0.4, -0.2) is 23.1 Å². The molecular formula is C11H9BrMg. The Hall–Kier alpha value is -0.184. The van der Waals surface area contributed by atoms with Crippen LogP contribution in [0.1, 0.15) is 5.56 Å². The van der Waals surface area contributed by atoms with E-state index in [4.69, 9.17) is 0 Å². The van der Waals surface area contributed by atoms with E-state index < -0.39 is 0 Å². The molecule has 0 fully saturated rings. The summed E-state index contributed by atoms with van der Waals surface area (Å²) < 4.78 is 0. The Morgan fingerprint density at radius 1 is 0.846 bits per heavy atom. The minimum atomic E-state index is 0. The number of fused-ring (bicyclic) bond motifs is 1. The fourth-order valence-electron chi connectivity index (χ4n) is 1.24. The van der Waals surface area contributed by atoms with E-state index in [1.807, 2.05) is 18.2 Å². The maximum Gasteiger partial charge on any atom is 2.00 e. The first-order chi connectivity index (χ1) is 5.36. The van der Waals surface area contributed by atoms with E-state index in [-0.39, 0.29) is 40.0 Å². The fourth-order valence-corrected chi connectivity index (χ4v) is 1.24. The van der Waals surface area contributed by atoms with Crippen LogP contribution in [0.3, 0.4) is 0 Å². The largest absolute Gasteiger partial charge is 2.00 e. The smallest absolute Gasteiger partial charge is 1.00 e. The average molecular weight is 245 g/mol. The Morgan fingerprint density at radius 2 is 1.46 bits per heavy atom. The van der Waals surface area contributed by atoms with Crippen LogP contribution in [0.2, 0.25) is 0 Å². The molecule has 0 N–H and O–H groups in total. The molecule has 2 aromatic rings. The third kappa shape index (κ3) is 2.90. The van der Waals surface area contributed by atoms with Crippen LogP contribution in [0, 0.1) is 6.92 Å². The van der Waals surface area contributed by atoms with Gasteiger partial charge in [-0.25, -0.2) is 0 Å². The van der Waals surface area contributed by atoms with E-state index in [9.17, 15) is 0 Å². The molecule has 2 aromatic carbocycles. The zero-order valence-electron chi connectivity index (χ0n) is 7.33. The average Bonchev–Trinajstić information content (AvgIpc) is 2.04. The molecule has 0 spiro atoms. The molecule has 62 valence electrons. The number of benzene rings is 2. The first-order valence-corrected chi connectivity index (χ1v) is 3.67. The number of halogens is 1. The van der Waals surface area contributed by atoms with E-state index in [0.29, 0.717) is 0 Å². The summed E-state index contributed by atoms with van der Waals surface area (Å²) in [6, 6.07) is 14.5. The summed E-state index contributed by atoms with van der Waals surface area (Å²) in [7, 11) is 0. The van der Waals surface area contributed by atoms with Crippen molar-refractivity contribution in [1.82, 2.24) is 0 Å². The topological polar surface area (TPSA) is 0 Å². The summed E-state index contributed by atoms with van der Waals surface area (Å²) in [6.07, 6.45) is 0. The van der Waals surface area contributed by atoms with Crippen LogP contribution in [0.5, 0.6) is 0 Å². The first-order valence-electron chi connectivity index (χ1n) is 3.67. The molecule has 13 heavy (non-hydrogen) atoms. The molecular weight excluding hydrogens is 236 g/mol. The molecule has 0 aliphatic rings. The molecule has 0 aliphatic heterocycles. The zero-order valence-corrected chi connectivity index (χ0v) is 10.3. The third-order valence-corrected chi connectivity index (χ3v) is 1.81. The van der Waals surface area contributed by atoms with Crippen molar-refractivity contribution >= 4 is 33.8 Å². The second-order valence-electron chi connectivity index (χ2n) is 2.68. The second kappa shape index (κ2) is 5.53. The predicted molar refractivity (Wildman–Crippen MR) is 54.2 cm³/mol. The van der Waals surface area contributed by atoms with Gasteiger partial charge in [-0.15, -0.1) is 6.07 Å². The zero-order chi connectivity index (χ0) is 7.68. The summed E-state index contributed by atoms with van der Waals surface area (Å²) in [6.45, 7) is 3.87. The summed E-state index contributed by atoms with van der Waals surface area (Å²) in [4.78, 5) is 0. The van der Waals surface area contributed by atoms with Crippen molar-refractivity contribution in [2.75, 3.05) is 0 Å². The van der Waals surface area contributed by atoms with Crippen molar-refractivity contribution in [3.05, 3.63) is 55.0 Å². The van der Waals surface area contributed by atoms with Gasteiger partial charge in [-0.3, -0.25) is 0 Å². The van der Waals surface area contributed by atoms with Gasteiger partial charge in [0.2, 0.25) is 0 Å². The van der Waals surface area contributed by atoms with Crippen LogP contribution in [0.25, 0.3) is 10.8 Å². The molecule has 0 radical (unpaired) electrons. The molecule has 0 atom stereocenters. The van der Waals surface area contributed by atoms with Gasteiger partial charge in [0, 0.05) is 0 Å². The summed E-state index contributed by atoms with van der Waals surface area (Å²) >= 11 is 0. The van der Waals surface area contributed by atoms with E-state index >= 15 is 0 Å². The first kappa shape index (κ1) is 12.8. The monoisotopic (exact) mass is 244 g/mol. The Kier molecular flexibility index (Phi) is 5.45. The molecule has 0 heterocycles. The number of hydrogen-bond donors (Lipinski definition) is 0. The number of hydrogen-bond acceptors (Lipinski definition) is 0. The van der Waals surface area contributed by atoms with E-state index in [0.717, 1.165) is 5.56 Å². The van der Waals surface area contributed by atoms with Gasteiger partial charge < -0.3 is 17.0 Å². The van der Waals surface area contributed by atoms with Crippen molar-refractivity contribution in [3.63, 3.8) is 0 Å². The van der Waals surface area contributed by atoms with Crippen molar-refractivity contribution in [2.45, 2.75) is 0 Å². The van der Waals surface area contributed by atoms with Crippen LogP contribution >= 0.6 is 0 Å². The standard InChI is InChI=1S/C11H9.BrH.Mg/c1-9-6-7-10-4-2-3-5-11(10)8-9;;/h2-8H,1H2;1H;/q-1;;+2/p-1. The Balaban J connectivity index is 0.000000720. The van der Waals surface area contributed by atoms with Gasteiger partial charge in [0.15, 0.2) is 0 Å². The van der Waals surface area contributed by atoms with Gasteiger partial charge in [0.25, 0.3) is 0 Å². The Labute approximate surface area is 105 Å². The van der Waals surface area contributed by atoms with Crippen molar-refractivity contribution < 1.29 is 17.0 Å². The molecule has 2 heteroatoms. The van der Waals surface area contributed by atoms with Gasteiger partial charge in [-0.1, -0.05) is 29.7 Å². The third-order valence-electron chi connectivity index (χ3n) is 1.81.